The van der Waals surface area contributed by atoms with Gasteiger partial charge in [0.05, 0.1) is 33.1 Å². The highest BCUT2D eigenvalue weighted by Gasteiger charge is 2.33. The molecule has 0 aliphatic carbocycles. The Labute approximate surface area is 186 Å². The second-order valence-corrected chi connectivity index (χ2v) is 6.98. The Bertz CT molecular complexity index is 1110. The Hall–Kier alpha value is -3.81. The van der Waals surface area contributed by atoms with Crippen LogP contribution >= 0.6 is 0 Å². The van der Waals surface area contributed by atoms with Crippen LogP contribution < -0.4 is 9.47 Å². The van der Waals surface area contributed by atoms with Crippen molar-refractivity contribution in [2.45, 2.75) is 26.4 Å². The summed E-state index contributed by atoms with van der Waals surface area (Å²) in [7, 11) is 4.02. The highest BCUT2D eigenvalue weighted by atomic mass is 16.5. The van der Waals surface area contributed by atoms with Gasteiger partial charge in [-0.25, -0.2) is 14.3 Å². The molecule has 0 radical (unpaired) electrons. The van der Waals surface area contributed by atoms with Gasteiger partial charge in [-0.1, -0.05) is 31.2 Å². The Kier molecular flexibility index (Phi) is 7.14. The van der Waals surface area contributed by atoms with Gasteiger partial charge in [-0.05, 0) is 37.6 Å². The first-order valence-corrected chi connectivity index (χ1v) is 10.2. The summed E-state index contributed by atoms with van der Waals surface area (Å²) in [5, 5.41) is 4.64. The minimum absolute atomic E-state index is 0.0227. The van der Waals surface area contributed by atoms with Crippen LogP contribution in [0.5, 0.6) is 11.5 Å². The topological polar surface area (TPSA) is 88.9 Å². The normalized spacial score (nSPS) is 11.5. The Morgan fingerprint density at radius 3 is 2.25 bits per heavy atom. The van der Waals surface area contributed by atoms with Crippen LogP contribution in [0.4, 0.5) is 0 Å². The first kappa shape index (κ1) is 22.9. The zero-order valence-corrected chi connectivity index (χ0v) is 18.7. The predicted octanol–water partition coefficient (Wildman–Crippen LogP) is 4.30. The number of carbonyl (C=O) groups excluding carboxylic acids is 2. The Morgan fingerprint density at radius 1 is 0.969 bits per heavy atom. The van der Waals surface area contributed by atoms with Crippen molar-refractivity contribution < 1.29 is 28.5 Å². The van der Waals surface area contributed by atoms with E-state index in [1.807, 2.05) is 19.9 Å². The van der Waals surface area contributed by atoms with Crippen LogP contribution in [0.15, 0.2) is 48.5 Å². The fourth-order valence-electron chi connectivity index (χ4n) is 3.21. The lowest BCUT2D eigenvalue weighted by molar-refractivity contribution is 0.0549. The summed E-state index contributed by atoms with van der Waals surface area (Å²) in [4.78, 5) is 25.7. The molecule has 0 fully saturated rings. The van der Waals surface area contributed by atoms with E-state index in [1.54, 1.807) is 42.5 Å². The zero-order chi connectivity index (χ0) is 23.3. The number of nitrogens with zero attached hydrogens (tertiary/aromatic N) is 2. The standard InChI is InChI=1S/C24H26N2O6/c1-6-15(2)32-22-17(13-10-14-18(22)29-3)20-19(23(27)30-4)21(24(28)31-5)26(25-20)16-11-8-7-9-12-16/h7-15H,6H2,1-5H3. The van der Waals surface area contributed by atoms with Gasteiger partial charge in [-0.2, -0.15) is 5.10 Å². The van der Waals surface area contributed by atoms with Crippen molar-refractivity contribution in [3.63, 3.8) is 0 Å². The van der Waals surface area contributed by atoms with E-state index < -0.39 is 11.9 Å². The molecule has 3 rings (SSSR count). The van der Waals surface area contributed by atoms with Crippen LogP contribution in [-0.4, -0.2) is 49.2 Å². The molecule has 8 heteroatoms. The molecule has 1 unspecified atom stereocenters. The van der Waals surface area contributed by atoms with E-state index in [-0.39, 0.29) is 23.1 Å². The van der Waals surface area contributed by atoms with Crippen LogP contribution in [0.2, 0.25) is 0 Å². The van der Waals surface area contributed by atoms with Gasteiger partial charge in [0.15, 0.2) is 17.2 Å². The number of hydrogen-bond donors (Lipinski definition) is 0. The van der Waals surface area contributed by atoms with Crippen LogP contribution in [0, 0.1) is 0 Å². The quantitative estimate of drug-likeness (QED) is 0.485. The van der Waals surface area contributed by atoms with Gasteiger partial charge in [0.2, 0.25) is 0 Å². The van der Waals surface area contributed by atoms with Crippen molar-refractivity contribution in [1.82, 2.24) is 9.78 Å². The molecule has 8 nitrogen and oxygen atoms in total. The molecule has 168 valence electrons. The molecule has 0 amide bonds. The fraction of sp³-hybridized carbons (Fsp3) is 0.292. The summed E-state index contributed by atoms with van der Waals surface area (Å²) in [6.07, 6.45) is 0.635. The van der Waals surface area contributed by atoms with Gasteiger partial charge in [-0.15, -0.1) is 0 Å². The molecule has 3 aromatic rings. The summed E-state index contributed by atoms with van der Waals surface area (Å²) in [6.45, 7) is 3.93. The smallest absolute Gasteiger partial charge is 0.357 e. The van der Waals surface area contributed by atoms with E-state index in [4.69, 9.17) is 18.9 Å². The van der Waals surface area contributed by atoms with Gasteiger partial charge in [0.25, 0.3) is 0 Å². The Morgan fingerprint density at radius 2 is 1.66 bits per heavy atom. The molecule has 1 atom stereocenters. The van der Waals surface area contributed by atoms with Gasteiger partial charge in [0.1, 0.15) is 11.3 Å². The predicted molar refractivity (Wildman–Crippen MR) is 119 cm³/mol. The average molecular weight is 438 g/mol. The minimum Gasteiger partial charge on any atom is -0.493 e. The number of methoxy groups -OCH3 is 3. The van der Waals surface area contributed by atoms with Gasteiger partial charge in [-0.3, -0.25) is 0 Å². The summed E-state index contributed by atoms with van der Waals surface area (Å²) >= 11 is 0. The van der Waals surface area contributed by atoms with Crippen LogP contribution in [-0.2, 0) is 9.47 Å². The molecule has 0 spiro atoms. The number of ether oxygens (including phenoxy) is 4. The molecule has 0 aliphatic heterocycles. The molecule has 0 aliphatic rings. The van der Waals surface area contributed by atoms with Crippen molar-refractivity contribution in [1.29, 1.82) is 0 Å². The molecule has 0 N–H and O–H groups in total. The number of aromatic nitrogens is 2. The SMILES string of the molecule is CCC(C)Oc1c(OC)cccc1-c1nn(-c2ccccc2)c(C(=O)OC)c1C(=O)OC. The minimum atomic E-state index is -0.722. The molecule has 1 heterocycles. The third-order valence-electron chi connectivity index (χ3n) is 5.00. The third-order valence-corrected chi connectivity index (χ3v) is 5.00. The second-order valence-electron chi connectivity index (χ2n) is 6.98. The number of para-hydroxylation sites is 2. The molecule has 0 saturated heterocycles. The van der Waals surface area contributed by atoms with Crippen molar-refractivity contribution in [2.24, 2.45) is 0 Å². The van der Waals surface area contributed by atoms with Gasteiger partial charge < -0.3 is 18.9 Å². The van der Waals surface area contributed by atoms with E-state index in [1.165, 1.54) is 26.0 Å². The molecule has 0 bridgehead atoms. The number of carbonyl (C=O) groups is 2. The Balaban J connectivity index is 2.38. The lowest BCUT2D eigenvalue weighted by atomic mass is 10.0. The maximum Gasteiger partial charge on any atom is 0.357 e. The van der Waals surface area contributed by atoms with Crippen LogP contribution in [0.1, 0.15) is 41.1 Å². The maximum atomic E-state index is 12.9. The van der Waals surface area contributed by atoms with Crippen molar-refractivity contribution >= 4 is 11.9 Å². The summed E-state index contributed by atoms with van der Waals surface area (Å²) in [6, 6.07) is 14.3. The van der Waals surface area contributed by atoms with Crippen molar-refractivity contribution in [2.75, 3.05) is 21.3 Å². The highest BCUT2D eigenvalue weighted by Crippen LogP contribution is 2.41. The zero-order valence-electron chi connectivity index (χ0n) is 18.7. The van der Waals surface area contributed by atoms with E-state index in [9.17, 15) is 9.59 Å². The largest absolute Gasteiger partial charge is 0.493 e. The third kappa shape index (κ3) is 4.30. The average Bonchev–Trinajstić information content (AvgIpc) is 3.24. The summed E-state index contributed by atoms with van der Waals surface area (Å²) in [5.74, 6) is -0.545. The molecule has 0 saturated carbocycles. The van der Waals surface area contributed by atoms with E-state index in [2.05, 4.69) is 5.10 Å². The first-order valence-electron chi connectivity index (χ1n) is 10.2. The number of esters is 2. The molecular weight excluding hydrogens is 412 g/mol. The van der Waals surface area contributed by atoms with E-state index in [0.717, 1.165) is 6.42 Å². The van der Waals surface area contributed by atoms with Crippen molar-refractivity contribution in [3.8, 4) is 28.4 Å². The first-order chi connectivity index (χ1) is 15.5. The van der Waals surface area contributed by atoms with Gasteiger partial charge >= 0.3 is 11.9 Å². The highest BCUT2D eigenvalue weighted by molar-refractivity contribution is 6.07. The van der Waals surface area contributed by atoms with E-state index >= 15 is 0 Å². The molecule has 32 heavy (non-hydrogen) atoms. The maximum absolute atomic E-state index is 12.9. The van der Waals surface area contributed by atoms with Crippen LogP contribution in [0.25, 0.3) is 16.9 Å². The van der Waals surface area contributed by atoms with Crippen molar-refractivity contribution in [3.05, 3.63) is 59.8 Å². The molecule has 1 aromatic heterocycles. The number of rotatable bonds is 8. The summed E-state index contributed by atoms with van der Waals surface area (Å²) in [5.41, 5.74) is 1.23. The fourth-order valence-corrected chi connectivity index (χ4v) is 3.21. The second kappa shape index (κ2) is 10.00. The monoisotopic (exact) mass is 438 g/mol. The number of benzene rings is 2. The van der Waals surface area contributed by atoms with E-state index in [0.29, 0.717) is 22.7 Å². The lowest BCUT2D eigenvalue weighted by Gasteiger charge is -2.18. The molecule has 2 aromatic carbocycles. The van der Waals surface area contributed by atoms with Crippen LogP contribution in [0.3, 0.4) is 0 Å². The lowest BCUT2D eigenvalue weighted by Crippen LogP contribution is -2.15. The molecular formula is C24H26N2O6. The summed E-state index contributed by atoms with van der Waals surface area (Å²) < 4.78 is 23.0. The van der Waals surface area contributed by atoms with Gasteiger partial charge in [0, 0.05) is 5.56 Å². The number of hydrogen-bond acceptors (Lipinski definition) is 7.